The minimum Gasteiger partial charge on any atom is -0.454 e. The number of ether oxygens (including phenoxy) is 2. The van der Waals surface area contributed by atoms with Gasteiger partial charge >= 0.3 is 0 Å². The van der Waals surface area contributed by atoms with Gasteiger partial charge in [0.1, 0.15) is 5.82 Å². The van der Waals surface area contributed by atoms with Crippen LogP contribution in [0.1, 0.15) is 27.6 Å². The second kappa shape index (κ2) is 7.00. The topological polar surface area (TPSA) is 78.3 Å². The van der Waals surface area contributed by atoms with Crippen LogP contribution < -0.4 is 14.8 Å². The zero-order valence-electron chi connectivity index (χ0n) is 16.8. The predicted molar refractivity (Wildman–Crippen MR) is 122 cm³/mol. The lowest BCUT2D eigenvalue weighted by Crippen LogP contribution is -2.15. The van der Waals surface area contributed by atoms with Crippen molar-refractivity contribution in [1.82, 2.24) is 14.8 Å². The number of amides is 1. The fourth-order valence-corrected chi connectivity index (χ4v) is 6.17. The largest absolute Gasteiger partial charge is 0.454 e. The number of thioether (sulfide) groups is 1. The lowest BCUT2D eigenvalue weighted by molar-refractivity contribution is -0.113. The van der Waals surface area contributed by atoms with E-state index in [0.29, 0.717) is 11.6 Å². The van der Waals surface area contributed by atoms with E-state index in [0.717, 1.165) is 43.7 Å². The summed E-state index contributed by atoms with van der Waals surface area (Å²) in [6.45, 7) is 4.27. The number of aryl methyl sites for hydroxylation is 2. The lowest BCUT2D eigenvalue weighted by atomic mass is 10.0. The van der Waals surface area contributed by atoms with Crippen LogP contribution in [0.15, 0.2) is 36.4 Å². The summed E-state index contributed by atoms with van der Waals surface area (Å²) in [7, 11) is 0. The van der Waals surface area contributed by atoms with Crippen LogP contribution in [0.25, 0.3) is 15.3 Å². The SMILES string of the molecule is Cc1ccc2nc(-n3nc(C)c4c3NC(=O)CS[C@@H]4c3ccc4c(c3)OCO4)sc2c1. The Kier molecular flexibility index (Phi) is 4.22. The minimum atomic E-state index is -0.0613. The molecule has 0 spiro atoms. The quantitative estimate of drug-likeness (QED) is 0.481. The van der Waals surface area contributed by atoms with E-state index in [1.807, 2.05) is 31.2 Å². The normalized spacial score (nSPS) is 17.5. The first-order valence-electron chi connectivity index (χ1n) is 9.85. The fraction of sp³-hybridized carbons (Fsp3) is 0.227. The molecule has 1 amide bonds. The Morgan fingerprint density at radius 3 is 2.90 bits per heavy atom. The number of aromatic nitrogens is 3. The number of thiazole rings is 1. The maximum atomic E-state index is 12.6. The molecule has 0 fully saturated rings. The number of nitrogens with one attached hydrogen (secondary N) is 1. The van der Waals surface area contributed by atoms with Gasteiger partial charge in [0.15, 0.2) is 11.5 Å². The van der Waals surface area contributed by atoms with Crippen LogP contribution in [0, 0.1) is 13.8 Å². The maximum absolute atomic E-state index is 12.6. The van der Waals surface area contributed by atoms with E-state index in [1.54, 1.807) is 27.8 Å². The van der Waals surface area contributed by atoms with Crippen molar-refractivity contribution >= 4 is 45.0 Å². The first kappa shape index (κ1) is 18.7. The monoisotopic (exact) mass is 450 g/mol. The molecule has 156 valence electrons. The van der Waals surface area contributed by atoms with Gasteiger partial charge < -0.3 is 14.8 Å². The van der Waals surface area contributed by atoms with Gasteiger partial charge in [-0.3, -0.25) is 4.79 Å². The van der Waals surface area contributed by atoms with Crippen LogP contribution in [0.5, 0.6) is 11.5 Å². The Labute approximate surface area is 186 Å². The van der Waals surface area contributed by atoms with Crippen LogP contribution in [0.3, 0.4) is 0 Å². The Morgan fingerprint density at radius 2 is 2.00 bits per heavy atom. The standard InChI is InChI=1S/C22H18N4O3S2/c1-11-3-5-14-17(7-11)31-22(23-14)26-21-19(12(2)25-26)20(30-9-18(27)24-21)13-4-6-15-16(8-13)29-10-28-15/h3-8,20H,9-10H2,1-2H3,(H,24,27)/t20-/m1/s1. The Hall–Kier alpha value is -3.04. The molecule has 0 aliphatic carbocycles. The Bertz CT molecular complexity index is 1360. The molecule has 2 aliphatic rings. The summed E-state index contributed by atoms with van der Waals surface area (Å²) in [5, 5.41) is 8.53. The molecule has 2 aromatic heterocycles. The van der Waals surface area contributed by atoms with Crippen molar-refractivity contribution in [1.29, 1.82) is 0 Å². The van der Waals surface area contributed by atoms with Crippen LogP contribution in [-0.2, 0) is 4.79 Å². The number of carbonyl (C=O) groups is 1. The van der Waals surface area contributed by atoms with Gasteiger partial charge in [0, 0.05) is 5.56 Å². The molecule has 6 rings (SSSR count). The van der Waals surface area contributed by atoms with Gasteiger partial charge in [0.05, 0.1) is 26.9 Å². The summed E-state index contributed by atoms with van der Waals surface area (Å²) in [6.07, 6.45) is 0. The van der Waals surface area contributed by atoms with Crippen molar-refractivity contribution in [3.8, 4) is 16.6 Å². The first-order valence-corrected chi connectivity index (χ1v) is 11.7. The zero-order chi connectivity index (χ0) is 21.1. The molecule has 1 N–H and O–H groups in total. The first-order chi connectivity index (χ1) is 15.1. The Morgan fingerprint density at radius 1 is 1.13 bits per heavy atom. The third kappa shape index (κ3) is 3.07. The lowest BCUT2D eigenvalue weighted by Gasteiger charge is -2.15. The maximum Gasteiger partial charge on any atom is 0.235 e. The average Bonchev–Trinajstić information content (AvgIpc) is 3.43. The summed E-state index contributed by atoms with van der Waals surface area (Å²) in [4.78, 5) is 17.4. The summed E-state index contributed by atoms with van der Waals surface area (Å²) >= 11 is 3.15. The molecule has 1 atom stereocenters. The van der Waals surface area contributed by atoms with E-state index in [2.05, 4.69) is 24.4 Å². The number of hydrogen-bond acceptors (Lipinski definition) is 7. The molecule has 2 aliphatic heterocycles. The van der Waals surface area contributed by atoms with Gasteiger partial charge in [0.2, 0.25) is 17.8 Å². The van der Waals surface area contributed by atoms with Gasteiger partial charge in [-0.15, -0.1) is 11.8 Å². The summed E-state index contributed by atoms with van der Waals surface area (Å²) in [5.41, 5.74) is 5.02. The predicted octanol–water partition coefficient (Wildman–Crippen LogP) is 4.60. The van der Waals surface area contributed by atoms with E-state index in [9.17, 15) is 4.79 Å². The summed E-state index contributed by atoms with van der Waals surface area (Å²) in [6, 6.07) is 12.1. The summed E-state index contributed by atoms with van der Waals surface area (Å²) < 4.78 is 13.9. The number of benzene rings is 2. The molecular weight excluding hydrogens is 432 g/mol. The molecule has 0 saturated heterocycles. The van der Waals surface area contributed by atoms with Crippen LogP contribution >= 0.6 is 23.1 Å². The number of hydrogen-bond donors (Lipinski definition) is 1. The van der Waals surface area contributed by atoms with E-state index in [1.165, 1.54) is 5.56 Å². The third-order valence-corrected chi connectivity index (χ3v) is 7.68. The van der Waals surface area contributed by atoms with Gasteiger partial charge in [-0.25, -0.2) is 4.98 Å². The highest BCUT2D eigenvalue weighted by Crippen LogP contribution is 2.46. The van der Waals surface area contributed by atoms with E-state index >= 15 is 0 Å². The molecule has 7 nitrogen and oxygen atoms in total. The van der Waals surface area contributed by atoms with Crippen LogP contribution in [0.4, 0.5) is 5.82 Å². The smallest absolute Gasteiger partial charge is 0.235 e. The van der Waals surface area contributed by atoms with Crippen molar-refractivity contribution in [2.24, 2.45) is 0 Å². The number of anilines is 1. The summed E-state index contributed by atoms with van der Waals surface area (Å²) in [5.74, 6) is 2.47. The molecule has 2 aromatic carbocycles. The van der Waals surface area contributed by atoms with Crippen molar-refractivity contribution in [3.05, 3.63) is 58.8 Å². The average molecular weight is 451 g/mol. The highest BCUT2D eigenvalue weighted by Gasteiger charge is 2.32. The van der Waals surface area contributed by atoms with Crippen LogP contribution in [0.2, 0.25) is 0 Å². The molecule has 0 saturated carbocycles. The molecular formula is C22H18N4O3S2. The molecule has 31 heavy (non-hydrogen) atoms. The van der Waals surface area contributed by atoms with Gasteiger partial charge in [-0.1, -0.05) is 23.5 Å². The highest BCUT2D eigenvalue weighted by atomic mass is 32.2. The van der Waals surface area contributed by atoms with E-state index in [4.69, 9.17) is 19.6 Å². The number of nitrogens with zero attached hydrogens (tertiary/aromatic N) is 3. The van der Waals surface area contributed by atoms with E-state index < -0.39 is 0 Å². The van der Waals surface area contributed by atoms with Crippen LogP contribution in [-0.4, -0.2) is 33.2 Å². The second-order valence-electron chi connectivity index (χ2n) is 7.58. The molecule has 4 aromatic rings. The second-order valence-corrected chi connectivity index (χ2v) is 9.68. The Balaban J connectivity index is 1.50. The van der Waals surface area contributed by atoms with E-state index in [-0.39, 0.29) is 18.0 Å². The number of carbonyl (C=O) groups excluding carboxylic acids is 1. The van der Waals surface area contributed by atoms with Gasteiger partial charge in [-0.2, -0.15) is 9.78 Å². The molecule has 9 heteroatoms. The van der Waals surface area contributed by atoms with Crippen molar-refractivity contribution < 1.29 is 14.3 Å². The number of fused-ring (bicyclic) bond motifs is 3. The number of rotatable bonds is 2. The zero-order valence-corrected chi connectivity index (χ0v) is 18.5. The molecule has 4 heterocycles. The van der Waals surface area contributed by atoms with Gasteiger partial charge in [-0.05, 0) is 49.2 Å². The van der Waals surface area contributed by atoms with Crippen molar-refractivity contribution in [2.75, 3.05) is 17.9 Å². The molecule has 0 unspecified atom stereocenters. The fourth-order valence-electron chi connectivity index (χ4n) is 3.97. The van der Waals surface area contributed by atoms with Crippen molar-refractivity contribution in [3.63, 3.8) is 0 Å². The molecule has 0 radical (unpaired) electrons. The third-order valence-electron chi connectivity index (χ3n) is 5.42. The van der Waals surface area contributed by atoms with Crippen molar-refractivity contribution in [2.45, 2.75) is 19.1 Å². The molecule has 0 bridgehead atoms. The highest BCUT2D eigenvalue weighted by molar-refractivity contribution is 8.00. The van der Waals surface area contributed by atoms with Gasteiger partial charge in [0.25, 0.3) is 0 Å². The minimum absolute atomic E-state index is 0.0485.